The van der Waals surface area contributed by atoms with Crippen LogP contribution in [0.5, 0.6) is 0 Å². The van der Waals surface area contributed by atoms with Gasteiger partial charge in [-0.05, 0) is 35.9 Å². The van der Waals surface area contributed by atoms with Gasteiger partial charge in [-0.15, -0.1) is 0 Å². The van der Waals surface area contributed by atoms with Crippen LogP contribution in [-0.4, -0.2) is 10.9 Å². The summed E-state index contributed by atoms with van der Waals surface area (Å²) in [5.41, 5.74) is 0.938. The van der Waals surface area contributed by atoms with Crippen LogP contribution in [0.15, 0.2) is 53.4 Å². The Bertz CT molecular complexity index is 489. The zero-order chi connectivity index (χ0) is 11.9. The van der Waals surface area contributed by atoms with Gasteiger partial charge < -0.3 is 9.73 Å². The molecule has 0 saturated heterocycles. The van der Waals surface area contributed by atoms with Gasteiger partial charge in [-0.2, -0.15) is 0 Å². The molecule has 17 heavy (non-hydrogen) atoms. The minimum absolute atomic E-state index is 0.154. The molecule has 2 aromatic rings. The highest BCUT2D eigenvalue weighted by atomic mass is 16.3. The van der Waals surface area contributed by atoms with E-state index in [9.17, 15) is 4.79 Å². The SMILES string of the molecule is O=C(C=Cc1ccncc1)NCc1ccco1. The number of hydrogen-bond donors (Lipinski definition) is 1. The van der Waals surface area contributed by atoms with E-state index in [0.29, 0.717) is 6.54 Å². The molecule has 0 aromatic carbocycles. The lowest BCUT2D eigenvalue weighted by molar-refractivity contribution is -0.116. The lowest BCUT2D eigenvalue weighted by Crippen LogP contribution is -2.19. The summed E-state index contributed by atoms with van der Waals surface area (Å²) < 4.78 is 5.10. The standard InChI is InChI=1S/C13H12N2O2/c16-13(15-10-12-2-1-9-17-12)4-3-11-5-7-14-8-6-11/h1-9H,10H2,(H,15,16). The Morgan fingerprint density at radius 2 is 2.18 bits per heavy atom. The van der Waals surface area contributed by atoms with Crippen LogP contribution >= 0.6 is 0 Å². The van der Waals surface area contributed by atoms with Crippen molar-refractivity contribution in [2.45, 2.75) is 6.54 Å². The Morgan fingerprint density at radius 3 is 2.88 bits per heavy atom. The minimum atomic E-state index is -0.154. The summed E-state index contributed by atoms with van der Waals surface area (Å²) in [6.45, 7) is 0.395. The first kappa shape index (κ1) is 11.1. The predicted molar refractivity (Wildman–Crippen MR) is 63.8 cm³/mol. The Kier molecular flexibility index (Phi) is 3.70. The third kappa shape index (κ3) is 3.61. The second-order valence-corrected chi connectivity index (χ2v) is 3.41. The van der Waals surface area contributed by atoms with Gasteiger partial charge in [0.25, 0.3) is 0 Å². The lowest BCUT2D eigenvalue weighted by atomic mass is 10.2. The predicted octanol–water partition coefficient (Wildman–Crippen LogP) is 2.00. The Morgan fingerprint density at radius 1 is 1.35 bits per heavy atom. The maximum absolute atomic E-state index is 11.5. The van der Waals surface area contributed by atoms with Crippen LogP contribution in [0.2, 0.25) is 0 Å². The minimum Gasteiger partial charge on any atom is -0.467 e. The number of rotatable bonds is 4. The monoisotopic (exact) mass is 228 g/mol. The third-order valence-corrected chi connectivity index (χ3v) is 2.15. The quantitative estimate of drug-likeness (QED) is 0.814. The van der Waals surface area contributed by atoms with Gasteiger partial charge >= 0.3 is 0 Å². The first-order chi connectivity index (χ1) is 8.34. The maximum atomic E-state index is 11.5. The van der Waals surface area contributed by atoms with Crippen LogP contribution in [-0.2, 0) is 11.3 Å². The molecule has 1 N–H and O–H groups in total. The molecule has 0 fully saturated rings. The number of hydrogen-bond acceptors (Lipinski definition) is 3. The van der Waals surface area contributed by atoms with Crippen molar-refractivity contribution >= 4 is 12.0 Å². The highest BCUT2D eigenvalue weighted by Crippen LogP contribution is 2.00. The van der Waals surface area contributed by atoms with E-state index in [0.717, 1.165) is 11.3 Å². The second-order valence-electron chi connectivity index (χ2n) is 3.41. The van der Waals surface area contributed by atoms with Crippen LogP contribution in [0.1, 0.15) is 11.3 Å². The van der Waals surface area contributed by atoms with Crippen LogP contribution in [0.3, 0.4) is 0 Å². The fraction of sp³-hybridized carbons (Fsp3) is 0.0769. The average Bonchev–Trinajstić information content (AvgIpc) is 2.88. The Labute approximate surface area is 99.0 Å². The topological polar surface area (TPSA) is 55.1 Å². The van der Waals surface area contributed by atoms with E-state index in [2.05, 4.69) is 10.3 Å². The molecule has 0 spiro atoms. The van der Waals surface area contributed by atoms with Gasteiger partial charge in [-0.3, -0.25) is 9.78 Å². The molecule has 0 saturated carbocycles. The van der Waals surface area contributed by atoms with E-state index in [1.54, 1.807) is 30.8 Å². The van der Waals surface area contributed by atoms with Gasteiger partial charge in [0.15, 0.2) is 0 Å². The number of carbonyl (C=O) groups excluding carboxylic acids is 1. The van der Waals surface area contributed by atoms with Crippen LogP contribution < -0.4 is 5.32 Å². The van der Waals surface area contributed by atoms with E-state index >= 15 is 0 Å². The number of pyridine rings is 1. The Balaban J connectivity index is 1.83. The highest BCUT2D eigenvalue weighted by molar-refractivity contribution is 5.91. The molecule has 0 aliphatic heterocycles. The number of aromatic nitrogens is 1. The summed E-state index contributed by atoms with van der Waals surface area (Å²) in [5.74, 6) is 0.578. The summed E-state index contributed by atoms with van der Waals surface area (Å²) in [5, 5.41) is 2.72. The summed E-state index contributed by atoms with van der Waals surface area (Å²) in [7, 11) is 0. The van der Waals surface area contributed by atoms with E-state index in [1.807, 2.05) is 18.2 Å². The zero-order valence-corrected chi connectivity index (χ0v) is 9.17. The van der Waals surface area contributed by atoms with Gasteiger partial charge in [-0.25, -0.2) is 0 Å². The molecular formula is C13H12N2O2. The van der Waals surface area contributed by atoms with Crippen molar-refractivity contribution in [3.05, 3.63) is 60.3 Å². The number of amides is 1. The molecule has 0 aliphatic carbocycles. The number of carbonyl (C=O) groups is 1. The van der Waals surface area contributed by atoms with Gasteiger partial charge in [0, 0.05) is 18.5 Å². The molecule has 86 valence electrons. The number of nitrogens with zero attached hydrogens (tertiary/aromatic N) is 1. The molecule has 0 radical (unpaired) electrons. The van der Waals surface area contributed by atoms with Gasteiger partial charge in [0.1, 0.15) is 5.76 Å². The van der Waals surface area contributed by atoms with Crippen LogP contribution in [0.25, 0.3) is 6.08 Å². The fourth-order valence-corrected chi connectivity index (χ4v) is 1.29. The van der Waals surface area contributed by atoms with E-state index in [-0.39, 0.29) is 5.91 Å². The first-order valence-electron chi connectivity index (χ1n) is 5.23. The van der Waals surface area contributed by atoms with Gasteiger partial charge in [-0.1, -0.05) is 0 Å². The molecule has 0 atom stereocenters. The fourth-order valence-electron chi connectivity index (χ4n) is 1.29. The van der Waals surface area contributed by atoms with Crippen molar-refractivity contribution in [2.24, 2.45) is 0 Å². The smallest absolute Gasteiger partial charge is 0.244 e. The molecule has 2 rings (SSSR count). The Hall–Kier alpha value is -2.36. The molecule has 2 heterocycles. The van der Waals surface area contributed by atoms with Crippen molar-refractivity contribution in [2.75, 3.05) is 0 Å². The molecule has 0 unspecified atom stereocenters. The average molecular weight is 228 g/mol. The molecule has 4 heteroatoms. The first-order valence-corrected chi connectivity index (χ1v) is 5.23. The summed E-state index contributed by atoms with van der Waals surface area (Å²) in [6.07, 6.45) is 8.16. The summed E-state index contributed by atoms with van der Waals surface area (Å²) in [4.78, 5) is 15.4. The molecule has 4 nitrogen and oxygen atoms in total. The van der Waals surface area contributed by atoms with Crippen molar-refractivity contribution in [3.63, 3.8) is 0 Å². The third-order valence-electron chi connectivity index (χ3n) is 2.15. The maximum Gasteiger partial charge on any atom is 0.244 e. The van der Waals surface area contributed by atoms with Crippen LogP contribution in [0.4, 0.5) is 0 Å². The number of furan rings is 1. The van der Waals surface area contributed by atoms with Crippen molar-refractivity contribution < 1.29 is 9.21 Å². The van der Waals surface area contributed by atoms with Crippen molar-refractivity contribution in [1.82, 2.24) is 10.3 Å². The number of nitrogens with one attached hydrogen (secondary N) is 1. The van der Waals surface area contributed by atoms with Gasteiger partial charge in [0.2, 0.25) is 5.91 Å². The molecule has 0 aliphatic rings. The summed E-state index contributed by atoms with van der Waals surface area (Å²) in [6, 6.07) is 7.26. The normalized spacial score (nSPS) is 10.6. The largest absolute Gasteiger partial charge is 0.467 e. The molecule has 0 bridgehead atoms. The van der Waals surface area contributed by atoms with Gasteiger partial charge in [0.05, 0.1) is 12.8 Å². The molecule has 2 aromatic heterocycles. The van der Waals surface area contributed by atoms with Crippen molar-refractivity contribution in [3.8, 4) is 0 Å². The molecular weight excluding hydrogens is 216 g/mol. The second kappa shape index (κ2) is 5.65. The summed E-state index contributed by atoms with van der Waals surface area (Å²) >= 11 is 0. The highest BCUT2D eigenvalue weighted by Gasteiger charge is 1.98. The lowest BCUT2D eigenvalue weighted by Gasteiger charge is -1.98. The van der Waals surface area contributed by atoms with E-state index < -0.39 is 0 Å². The van der Waals surface area contributed by atoms with E-state index in [4.69, 9.17) is 4.42 Å². The van der Waals surface area contributed by atoms with E-state index in [1.165, 1.54) is 6.08 Å². The zero-order valence-electron chi connectivity index (χ0n) is 9.17. The van der Waals surface area contributed by atoms with Crippen LogP contribution in [0, 0.1) is 0 Å². The molecule has 1 amide bonds. The van der Waals surface area contributed by atoms with Crippen molar-refractivity contribution in [1.29, 1.82) is 0 Å².